The molecule has 2 N–H and O–H groups in total. The maximum absolute atomic E-state index is 10.7. The molecule has 0 aromatic carbocycles. The van der Waals surface area contributed by atoms with Crippen LogP contribution in [0.5, 0.6) is 0 Å². The van der Waals surface area contributed by atoms with Gasteiger partial charge in [0.25, 0.3) is 0 Å². The summed E-state index contributed by atoms with van der Waals surface area (Å²) >= 11 is 0. The summed E-state index contributed by atoms with van der Waals surface area (Å²) in [7, 11) is 0. The Balaban J connectivity index is 1.84. The van der Waals surface area contributed by atoms with Crippen molar-refractivity contribution in [2.45, 2.75) is 51.2 Å². The molecule has 1 saturated carbocycles. The molecular weight excluding hydrogens is 252 g/mol. The summed E-state index contributed by atoms with van der Waals surface area (Å²) in [6.45, 7) is 3.76. The molecule has 4 heteroatoms. The molecule has 1 aromatic rings. The van der Waals surface area contributed by atoms with E-state index in [4.69, 9.17) is 0 Å². The fourth-order valence-electron chi connectivity index (χ4n) is 3.78. The fourth-order valence-corrected chi connectivity index (χ4v) is 3.78. The summed E-state index contributed by atoms with van der Waals surface area (Å²) in [5.74, 6) is 0.366. The number of rotatable bonds is 2. The molecule has 110 valence electrons. The molecule has 1 aliphatic carbocycles. The molecule has 3 rings (SSSR count). The highest BCUT2D eigenvalue weighted by Gasteiger charge is 2.42. The second-order valence-electron chi connectivity index (χ2n) is 6.35. The first-order valence-electron chi connectivity index (χ1n) is 7.66. The lowest BCUT2D eigenvalue weighted by atomic mass is 9.71. The lowest BCUT2D eigenvalue weighted by Crippen LogP contribution is -2.53. The van der Waals surface area contributed by atoms with Crippen LogP contribution in [0.1, 0.15) is 43.4 Å². The van der Waals surface area contributed by atoms with Gasteiger partial charge in [-0.15, -0.1) is 0 Å². The average molecular weight is 276 g/mol. The number of aliphatic hydroxyl groups excluding tert-OH is 1. The van der Waals surface area contributed by atoms with Crippen LogP contribution in [0, 0.1) is 12.8 Å². The molecule has 1 saturated heterocycles. The molecule has 20 heavy (non-hydrogen) atoms. The van der Waals surface area contributed by atoms with Crippen LogP contribution in [0.15, 0.2) is 12.3 Å². The lowest BCUT2D eigenvalue weighted by molar-refractivity contribution is -0.0612. The standard InChI is InChI=1S/C16H24N2O2/c1-12-8-15(13(11-19)9-17-12)18-7-6-16(20)5-3-2-4-14(16)10-18/h8-9,14,19-20H,2-7,10-11H2,1H3. The summed E-state index contributed by atoms with van der Waals surface area (Å²) in [6, 6.07) is 2.05. The topological polar surface area (TPSA) is 56.6 Å². The maximum Gasteiger partial charge on any atom is 0.0717 e. The Kier molecular flexibility index (Phi) is 3.69. The number of piperidine rings is 1. The molecule has 1 aliphatic heterocycles. The minimum absolute atomic E-state index is 0.0219. The summed E-state index contributed by atoms with van der Waals surface area (Å²) in [4.78, 5) is 6.59. The highest BCUT2D eigenvalue weighted by Crippen LogP contribution is 2.41. The number of fused-ring (bicyclic) bond motifs is 1. The third-order valence-corrected chi connectivity index (χ3v) is 5.04. The van der Waals surface area contributed by atoms with Gasteiger partial charge >= 0.3 is 0 Å². The Morgan fingerprint density at radius 2 is 2.25 bits per heavy atom. The molecular formula is C16H24N2O2. The van der Waals surface area contributed by atoms with Gasteiger partial charge in [0, 0.05) is 42.1 Å². The number of aliphatic hydroxyl groups is 2. The molecule has 0 amide bonds. The lowest BCUT2D eigenvalue weighted by Gasteiger charge is -2.48. The molecule has 0 radical (unpaired) electrons. The molecule has 4 nitrogen and oxygen atoms in total. The third kappa shape index (κ3) is 2.42. The molecule has 0 spiro atoms. The fraction of sp³-hybridized carbons (Fsp3) is 0.688. The van der Waals surface area contributed by atoms with Crippen LogP contribution in [-0.4, -0.2) is 33.9 Å². The van der Waals surface area contributed by atoms with Crippen LogP contribution in [0.3, 0.4) is 0 Å². The summed E-state index contributed by atoms with van der Waals surface area (Å²) in [5, 5.41) is 20.3. The Hall–Kier alpha value is -1.13. The predicted octanol–water partition coefficient (Wildman–Crippen LogP) is 2.01. The predicted molar refractivity (Wildman–Crippen MR) is 78.6 cm³/mol. The van der Waals surface area contributed by atoms with Gasteiger partial charge in [-0.1, -0.05) is 12.8 Å². The highest BCUT2D eigenvalue weighted by atomic mass is 16.3. The van der Waals surface area contributed by atoms with Crippen molar-refractivity contribution in [2.75, 3.05) is 18.0 Å². The van der Waals surface area contributed by atoms with Gasteiger partial charge in [0.05, 0.1) is 12.2 Å². The van der Waals surface area contributed by atoms with Crippen LogP contribution in [0.25, 0.3) is 0 Å². The van der Waals surface area contributed by atoms with Gasteiger partial charge in [0.2, 0.25) is 0 Å². The highest BCUT2D eigenvalue weighted by molar-refractivity contribution is 5.54. The summed E-state index contributed by atoms with van der Waals surface area (Å²) in [5.41, 5.74) is 2.50. The van der Waals surface area contributed by atoms with Gasteiger partial charge in [-0.05, 0) is 32.3 Å². The van der Waals surface area contributed by atoms with Crippen LogP contribution >= 0.6 is 0 Å². The SMILES string of the molecule is Cc1cc(N2CCC3(O)CCCCC3C2)c(CO)cn1. The van der Waals surface area contributed by atoms with E-state index in [1.54, 1.807) is 6.20 Å². The minimum Gasteiger partial charge on any atom is -0.392 e. The quantitative estimate of drug-likeness (QED) is 0.867. The van der Waals surface area contributed by atoms with Crippen LogP contribution < -0.4 is 4.90 Å². The normalized spacial score (nSPS) is 30.1. The number of aromatic nitrogens is 1. The second kappa shape index (κ2) is 5.34. The van der Waals surface area contributed by atoms with Crippen molar-refractivity contribution >= 4 is 5.69 Å². The van der Waals surface area contributed by atoms with Gasteiger partial charge in [0.15, 0.2) is 0 Å². The van der Waals surface area contributed by atoms with E-state index in [1.165, 1.54) is 6.42 Å². The molecule has 2 unspecified atom stereocenters. The van der Waals surface area contributed by atoms with Crippen LogP contribution in [-0.2, 0) is 6.61 Å². The molecule has 2 aliphatic rings. The van der Waals surface area contributed by atoms with Crippen LogP contribution in [0.4, 0.5) is 5.69 Å². The Bertz CT molecular complexity index is 491. The van der Waals surface area contributed by atoms with Crippen molar-refractivity contribution in [3.63, 3.8) is 0 Å². The van der Waals surface area contributed by atoms with Crippen LogP contribution in [0.2, 0.25) is 0 Å². The van der Waals surface area contributed by atoms with E-state index >= 15 is 0 Å². The van der Waals surface area contributed by atoms with E-state index in [-0.39, 0.29) is 6.61 Å². The monoisotopic (exact) mass is 276 g/mol. The Labute approximate surface area is 120 Å². The first-order valence-corrected chi connectivity index (χ1v) is 7.66. The number of hydrogen-bond acceptors (Lipinski definition) is 4. The number of hydrogen-bond donors (Lipinski definition) is 2. The van der Waals surface area contributed by atoms with E-state index in [0.29, 0.717) is 5.92 Å². The number of aryl methyl sites for hydroxylation is 1. The molecule has 0 bridgehead atoms. The first-order chi connectivity index (χ1) is 9.62. The van der Waals surface area contributed by atoms with E-state index in [0.717, 1.165) is 55.7 Å². The first kappa shape index (κ1) is 13.8. The molecule has 1 aromatic heterocycles. The smallest absolute Gasteiger partial charge is 0.0717 e. The molecule has 2 heterocycles. The van der Waals surface area contributed by atoms with E-state index in [9.17, 15) is 10.2 Å². The van der Waals surface area contributed by atoms with Gasteiger partial charge in [-0.3, -0.25) is 4.98 Å². The van der Waals surface area contributed by atoms with Crippen molar-refractivity contribution in [3.8, 4) is 0 Å². The van der Waals surface area contributed by atoms with Gasteiger partial charge in [0.1, 0.15) is 0 Å². The Morgan fingerprint density at radius 1 is 1.40 bits per heavy atom. The summed E-state index contributed by atoms with van der Waals surface area (Å²) in [6.07, 6.45) is 7.06. The number of pyridine rings is 1. The van der Waals surface area contributed by atoms with E-state index < -0.39 is 5.60 Å². The minimum atomic E-state index is -0.448. The van der Waals surface area contributed by atoms with Gasteiger partial charge < -0.3 is 15.1 Å². The van der Waals surface area contributed by atoms with Crippen molar-refractivity contribution in [1.29, 1.82) is 0 Å². The Morgan fingerprint density at radius 3 is 3.05 bits per heavy atom. The van der Waals surface area contributed by atoms with Gasteiger partial charge in [-0.2, -0.15) is 0 Å². The number of anilines is 1. The molecule has 2 fully saturated rings. The largest absolute Gasteiger partial charge is 0.392 e. The van der Waals surface area contributed by atoms with Gasteiger partial charge in [-0.25, -0.2) is 0 Å². The molecule has 2 atom stereocenters. The summed E-state index contributed by atoms with van der Waals surface area (Å²) < 4.78 is 0. The van der Waals surface area contributed by atoms with Crippen molar-refractivity contribution in [3.05, 3.63) is 23.5 Å². The average Bonchev–Trinajstić information content (AvgIpc) is 2.46. The van der Waals surface area contributed by atoms with E-state index in [1.807, 2.05) is 6.92 Å². The zero-order valence-electron chi connectivity index (χ0n) is 12.2. The van der Waals surface area contributed by atoms with E-state index in [2.05, 4.69) is 16.0 Å². The van der Waals surface area contributed by atoms with Crippen molar-refractivity contribution < 1.29 is 10.2 Å². The van der Waals surface area contributed by atoms with Crippen molar-refractivity contribution in [2.24, 2.45) is 5.92 Å². The van der Waals surface area contributed by atoms with Crippen molar-refractivity contribution in [1.82, 2.24) is 4.98 Å². The second-order valence-corrected chi connectivity index (χ2v) is 6.35. The zero-order chi connectivity index (χ0) is 14.2. The zero-order valence-corrected chi connectivity index (χ0v) is 12.2. The number of nitrogens with zero attached hydrogens (tertiary/aromatic N) is 2. The maximum atomic E-state index is 10.7. The third-order valence-electron chi connectivity index (χ3n) is 5.04.